The summed E-state index contributed by atoms with van der Waals surface area (Å²) >= 11 is 11.2. The second kappa shape index (κ2) is 9.50. The van der Waals surface area contributed by atoms with Gasteiger partial charge >= 0.3 is 0 Å². The third kappa shape index (κ3) is 5.10. The molecule has 0 saturated carbocycles. The largest absolute Gasteiger partial charge is 0.197 e. The smallest absolute Gasteiger partial charge is 0.102 e. The molecule has 0 heterocycles. The molecule has 4 heteroatoms. The first kappa shape index (κ1) is 18.6. The van der Waals surface area contributed by atoms with Crippen LogP contribution < -0.4 is 0 Å². The van der Waals surface area contributed by atoms with Crippen LogP contribution in [0.3, 0.4) is 0 Å². The summed E-state index contributed by atoms with van der Waals surface area (Å²) in [7, 11) is 0. The molecular formula is C21H14Cl2N2. The van der Waals surface area contributed by atoms with Crippen LogP contribution >= 0.6 is 23.2 Å². The lowest BCUT2D eigenvalue weighted by Gasteiger charge is -2.08. The molecule has 0 spiro atoms. The Morgan fingerprint density at radius 3 is 1.40 bits per heavy atom. The number of rotatable bonds is 2. The minimum absolute atomic E-state index is 0.160. The van der Waals surface area contributed by atoms with Crippen LogP contribution in [0, 0.1) is 22.7 Å². The van der Waals surface area contributed by atoms with E-state index < -0.39 is 0 Å². The van der Waals surface area contributed by atoms with Crippen LogP contribution in [0.2, 0.25) is 10.0 Å². The van der Waals surface area contributed by atoms with E-state index in [2.05, 4.69) is 6.07 Å². The van der Waals surface area contributed by atoms with E-state index in [1.165, 1.54) is 0 Å². The van der Waals surface area contributed by atoms with Gasteiger partial charge in [-0.05, 0) is 23.3 Å². The molecule has 0 atom stereocenters. The number of halogens is 2. The third-order valence-corrected chi connectivity index (χ3v) is 4.10. The van der Waals surface area contributed by atoms with Gasteiger partial charge in [0.2, 0.25) is 0 Å². The molecule has 0 radical (unpaired) electrons. The molecule has 3 rings (SSSR count). The zero-order valence-electron chi connectivity index (χ0n) is 13.2. The van der Waals surface area contributed by atoms with Crippen molar-refractivity contribution < 1.29 is 0 Å². The zero-order chi connectivity index (χ0) is 18.1. The number of nitrogens with zero attached hydrogens (tertiary/aromatic N) is 2. The minimum atomic E-state index is -0.160. The van der Waals surface area contributed by atoms with Crippen molar-refractivity contribution in [3.05, 3.63) is 106 Å². The summed E-state index contributed by atoms with van der Waals surface area (Å²) < 4.78 is 0. The van der Waals surface area contributed by atoms with Crippen LogP contribution in [0.5, 0.6) is 0 Å². The fourth-order valence-electron chi connectivity index (χ4n) is 2.24. The van der Waals surface area contributed by atoms with E-state index in [4.69, 9.17) is 28.5 Å². The van der Waals surface area contributed by atoms with E-state index in [9.17, 15) is 5.26 Å². The molecule has 0 aromatic heterocycles. The van der Waals surface area contributed by atoms with Gasteiger partial charge in [-0.2, -0.15) is 10.5 Å². The van der Waals surface area contributed by atoms with Crippen LogP contribution in [0.4, 0.5) is 0 Å². The summed E-state index contributed by atoms with van der Waals surface area (Å²) in [6.45, 7) is 0. The molecule has 0 aliphatic carbocycles. The predicted molar refractivity (Wildman–Crippen MR) is 102 cm³/mol. The van der Waals surface area contributed by atoms with E-state index in [-0.39, 0.29) is 5.92 Å². The number of hydrogen-bond acceptors (Lipinski definition) is 2. The molecule has 25 heavy (non-hydrogen) atoms. The molecule has 0 unspecified atom stereocenters. The maximum Gasteiger partial charge on any atom is 0.102 e. The van der Waals surface area contributed by atoms with Crippen molar-refractivity contribution in [3.63, 3.8) is 0 Å². The molecule has 0 aliphatic heterocycles. The van der Waals surface area contributed by atoms with Gasteiger partial charge in [-0.15, -0.1) is 0 Å². The number of nitriles is 2. The molecule has 0 amide bonds. The topological polar surface area (TPSA) is 47.6 Å². The maximum absolute atomic E-state index is 9.18. The summed E-state index contributed by atoms with van der Waals surface area (Å²) in [6, 6.07) is 28.9. The Balaban J connectivity index is 0.000000196. The molecular weight excluding hydrogens is 351 g/mol. The van der Waals surface area contributed by atoms with Crippen molar-refractivity contribution >= 4 is 23.2 Å². The fourth-order valence-corrected chi connectivity index (χ4v) is 2.72. The van der Waals surface area contributed by atoms with Gasteiger partial charge in [0.25, 0.3) is 0 Å². The Bertz CT molecular complexity index is 835. The molecule has 122 valence electrons. The summed E-state index contributed by atoms with van der Waals surface area (Å²) in [6.07, 6.45) is 0. The first-order valence-electron chi connectivity index (χ1n) is 7.51. The first-order valence-corrected chi connectivity index (χ1v) is 8.26. The monoisotopic (exact) mass is 364 g/mol. The van der Waals surface area contributed by atoms with Crippen molar-refractivity contribution in [1.82, 2.24) is 0 Å². The first-order chi connectivity index (χ1) is 12.2. The highest BCUT2D eigenvalue weighted by Gasteiger charge is 2.11. The molecule has 0 bridgehead atoms. The van der Waals surface area contributed by atoms with Crippen LogP contribution in [0.25, 0.3) is 0 Å². The van der Waals surface area contributed by atoms with Crippen molar-refractivity contribution in [3.8, 4) is 12.1 Å². The minimum Gasteiger partial charge on any atom is -0.197 e. The SMILES string of the molecule is N#CC(c1ccccc1)c1ccccc1.N#Cc1c(Cl)cccc1Cl. The van der Waals surface area contributed by atoms with Gasteiger partial charge in [0.05, 0.1) is 27.6 Å². The zero-order valence-corrected chi connectivity index (χ0v) is 14.7. The van der Waals surface area contributed by atoms with Gasteiger partial charge < -0.3 is 0 Å². The molecule has 0 fully saturated rings. The van der Waals surface area contributed by atoms with Crippen molar-refractivity contribution in [2.75, 3.05) is 0 Å². The molecule has 3 aromatic rings. The van der Waals surface area contributed by atoms with E-state index in [0.717, 1.165) is 11.1 Å². The molecule has 0 aliphatic rings. The fraction of sp³-hybridized carbons (Fsp3) is 0.0476. The van der Waals surface area contributed by atoms with Crippen LogP contribution in [-0.4, -0.2) is 0 Å². The highest BCUT2D eigenvalue weighted by molar-refractivity contribution is 6.36. The Labute approximate surface area is 157 Å². The molecule has 2 nitrogen and oxygen atoms in total. The van der Waals surface area contributed by atoms with Crippen molar-refractivity contribution in [2.24, 2.45) is 0 Å². The van der Waals surface area contributed by atoms with Gasteiger partial charge in [0.15, 0.2) is 0 Å². The predicted octanol–water partition coefficient (Wildman–Crippen LogP) is 6.21. The standard InChI is InChI=1S/C14H11N.C7H3Cl2N/c15-11-14(12-7-3-1-4-8-12)13-9-5-2-6-10-13;8-6-2-1-3-7(9)5(6)4-10/h1-10,14H;1-3H. The Hall–Kier alpha value is -2.78. The van der Waals surface area contributed by atoms with Crippen molar-refractivity contribution in [2.45, 2.75) is 5.92 Å². The molecule has 0 saturated heterocycles. The normalized spacial score (nSPS) is 9.48. The molecule has 3 aromatic carbocycles. The van der Waals surface area contributed by atoms with E-state index in [0.29, 0.717) is 15.6 Å². The summed E-state index contributed by atoms with van der Waals surface area (Å²) in [5.41, 5.74) is 2.43. The quantitative estimate of drug-likeness (QED) is 0.542. The van der Waals surface area contributed by atoms with E-state index >= 15 is 0 Å². The second-order valence-corrected chi connectivity index (χ2v) is 5.91. The summed E-state index contributed by atoms with van der Waals surface area (Å²) in [5.74, 6) is -0.160. The lowest BCUT2D eigenvalue weighted by molar-refractivity contribution is 1.04. The maximum atomic E-state index is 9.18. The van der Waals surface area contributed by atoms with Crippen LogP contribution in [-0.2, 0) is 0 Å². The lowest BCUT2D eigenvalue weighted by atomic mass is 9.93. The summed E-state index contributed by atoms with van der Waals surface area (Å²) in [4.78, 5) is 0. The Kier molecular flexibility index (Phi) is 7.05. The van der Waals surface area contributed by atoms with Crippen molar-refractivity contribution in [1.29, 1.82) is 10.5 Å². The van der Waals surface area contributed by atoms with Crippen LogP contribution in [0.15, 0.2) is 78.9 Å². The number of benzene rings is 3. The Morgan fingerprint density at radius 2 is 1.08 bits per heavy atom. The van der Waals surface area contributed by atoms with Gasteiger partial charge in [-0.25, -0.2) is 0 Å². The highest BCUT2D eigenvalue weighted by Crippen LogP contribution is 2.23. The summed E-state index contributed by atoms with van der Waals surface area (Å²) in [5, 5.41) is 18.5. The van der Waals surface area contributed by atoms with Gasteiger partial charge in [0.1, 0.15) is 6.07 Å². The third-order valence-electron chi connectivity index (χ3n) is 3.47. The average Bonchev–Trinajstić information content (AvgIpc) is 2.65. The lowest BCUT2D eigenvalue weighted by Crippen LogP contribution is -1.96. The molecule has 0 N–H and O–H groups in total. The second-order valence-electron chi connectivity index (χ2n) is 5.09. The van der Waals surface area contributed by atoms with E-state index in [1.54, 1.807) is 18.2 Å². The number of hydrogen-bond donors (Lipinski definition) is 0. The van der Waals surface area contributed by atoms with E-state index in [1.807, 2.05) is 66.7 Å². The Morgan fingerprint density at radius 1 is 0.640 bits per heavy atom. The van der Waals surface area contributed by atoms with Gasteiger partial charge in [-0.3, -0.25) is 0 Å². The van der Waals surface area contributed by atoms with Gasteiger partial charge in [0, 0.05) is 0 Å². The highest BCUT2D eigenvalue weighted by atomic mass is 35.5. The van der Waals surface area contributed by atoms with Gasteiger partial charge in [-0.1, -0.05) is 89.9 Å². The average molecular weight is 365 g/mol. The van der Waals surface area contributed by atoms with Crippen LogP contribution in [0.1, 0.15) is 22.6 Å².